The third-order valence-corrected chi connectivity index (χ3v) is 3.79. The van der Waals surface area contributed by atoms with Crippen LogP contribution >= 0.6 is 0 Å². The molecule has 0 saturated heterocycles. The molecule has 12 heavy (non-hydrogen) atoms. The van der Waals surface area contributed by atoms with E-state index < -0.39 is 0 Å². The number of benzene rings is 1. The predicted octanol–water partition coefficient (Wildman–Crippen LogP) is 1.28. The molecule has 0 aromatic heterocycles. The van der Waals surface area contributed by atoms with Gasteiger partial charge in [0.25, 0.3) is 0 Å². The van der Waals surface area contributed by atoms with Crippen molar-refractivity contribution in [2.24, 2.45) is 0 Å². The quantitative estimate of drug-likeness (QED) is 0.603. The van der Waals surface area contributed by atoms with E-state index in [4.69, 9.17) is 0 Å². The van der Waals surface area contributed by atoms with Crippen LogP contribution in [-0.4, -0.2) is 27.0 Å². The normalized spacial score (nSPS) is 27.5. The fraction of sp³-hybridized carbons (Fsp3) is 0.333. The van der Waals surface area contributed by atoms with E-state index in [0.717, 1.165) is 6.54 Å². The SMILES string of the molecule is [Si]C1CNc2ccccc2C1[Si]. The molecule has 2 unspecified atom stereocenters. The zero-order valence-corrected chi connectivity index (χ0v) is 8.67. The number of hydrogen-bond donors (Lipinski definition) is 1. The van der Waals surface area contributed by atoms with Crippen molar-refractivity contribution in [3.05, 3.63) is 29.8 Å². The largest absolute Gasteiger partial charge is 0.385 e. The number of anilines is 1. The number of rotatable bonds is 0. The Labute approximate surface area is 79.4 Å². The van der Waals surface area contributed by atoms with Gasteiger partial charge in [-0.05, 0) is 22.7 Å². The van der Waals surface area contributed by atoms with Crippen LogP contribution in [0.15, 0.2) is 24.3 Å². The topological polar surface area (TPSA) is 12.0 Å². The molecule has 3 heteroatoms. The number of para-hydroxylation sites is 1. The van der Waals surface area contributed by atoms with Crippen LogP contribution in [0.3, 0.4) is 0 Å². The standard InChI is InChI=1S/C9H9NSi2/c11-8-5-10-7-4-2-1-3-6(7)9(8)12/h1-4,8-10H,5H2. The first-order valence-electron chi connectivity index (χ1n) is 4.04. The van der Waals surface area contributed by atoms with Crippen LogP contribution in [0.2, 0.25) is 5.54 Å². The van der Waals surface area contributed by atoms with E-state index in [1.165, 1.54) is 11.3 Å². The van der Waals surface area contributed by atoms with Gasteiger partial charge in [-0.15, -0.1) is 0 Å². The molecule has 1 nitrogen and oxygen atoms in total. The Morgan fingerprint density at radius 1 is 1.25 bits per heavy atom. The van der Waals surface area contributed by atoms with Crippen molar-refractivity contribution in [3.8, 4) is 0 Å². The molecule has 0 fully saturated rings. The predicted molar refractivity (Wildman–Crippen MR) is 52.9 cm³/mol. The summed E-state index contributed by atoms with van der Waals surface area (Å²) in [5.74, 6) is 0. The van der Waals surface area contributed by atoms with Gasteiger partial charge in [0.2, 0.25) is 0 Å². The summed E-state index contributed by atoms with van der Waals surface area (Å²) in [6.07, 6.45) is 0. The monoisotopic (exact) mass is 187 g/mol. The van der Waals surface area contributed by atoms with Crippen molar-refractivity contribution in [1.29, 1.82) is 0 Å². The van der Waals surface area contributed by atoms with Gasteiger partial charge in [-0.1, -0.05) is 18.2 Å². The van der Waals surface area contributed by atoms with Gasteiger partial charge in [0.15, 0.2) is 0 Å². The summed E-state index contributed by atoms with van der Waals surface area (Å²) in [4.78, 5) is 0. The Kier molecular flexibility index (Phi) is 2.06. The molecule has 2 atom stereocenters. The zero-order chi connectivity index (χ0) is 8.55. The highest BCUT2D eigenvalue weighted by molar-refractivity contribution is 6.22. The van der Waals surface area contributed by atoms with Crippen molar-refractivity contribution in [3.63, 3.8) is 0 Å². The first-order valence-corrected chi connectivity index (χ1v) is 5.19. The van der Waals surface area contributed by atoms with E-state index in [2.05, 4.69) is 50.1 Å². The smallest absolute Gasteiger partial charge is 0.0372 e. The van der Waals surface area contributed by atoms with Crippen molar-refractivity contribution < 1.29 is 0 Å². The maximum atomic E-state index is 3.72. The van der Waals surface area contributed by atoms with Crippen LogP contribution in [0.4, 0.5) is 5.69 Å². The Hall–Kier alpha value is -0.546. The van der Waals surface area contributed by atoms with E-state index >= 15 is 0 Å². The Balaban J connectivity index is 2.42. The number of fused-ring (bicyclic) bond motifs is 1. The maximum absolute atomic E-state index is 3.72. The lowest BCUT2D eigenvalue weighted by molar-refractivity contribution is 0.797. The van der Waals surface area contributed by atoms with Gasteiger partial charge in [-0.3, -0.25) is 0 Å². The minimum atomic E-state index is 0.416. The minimum absolute atomic E-state index is 0.416. The molecule has 0 spiro atoms. The average Bonchev–Trinajstić information content (AvgIpc) is 2.12. The molecule has 0 bridgehead atoms. The van der Waals surface area contributed by atoms with Crippen LogP contribution < -0.4 is 5.32 Å². The maximum Gasteiger partial charge on any atom is 0.0372 e. The van der Waals surface area contributed by atoms with Crippen molar-refractivity contribution >= 4 is 26.2 Å². The molecule has 6 radical (unpaired) electrons. The Morgan fingerprint density at radius 2 is 2.00 bits per heavy atom. The van der Waals surface area contributed by atoms with Crippen molar-refractivity contribution in [2.75, 3.05) is 11.9 Å². The molecule has 0 saturated carbocycles. The fourth-order valence-corrected chi connectivity index (χ4v) is 2.13. The second kappa shape index (κ2) is 3.07. The van der Waals surface area contributed by atoms with Crippen LogP contribution in [0.1, 0.15) is 11.1 Å². The Bertz CT molecular complexity index is 288. The lowest BCUT2D eigenvalue weighted by atomic mass is 10.0. The summed E-state index contributed by atoms with van der Waals surface area (Å²) in [5, 5.41) is 3.36. The summed E-state index contributed by atoms with van der Waals surface area (Å²) in [6, 6.07) is 8.38. The first kappa shape index (κ1) is 8.07. The van der Waals surface area contributed by atoms with Gasteiger partial charge in [-0.2, -0.15) is 0 Å². The lowest BCUT2D eigenvalue weighted by Crippen LogP contribution is -2.23. The molecule has 1 heterocycles. The molecule has 0 amide bonds. The summed E-state index contributed by atoms with van der Waals surface area (Å²) < 4.78 is 0. The van der Waals surface area contributed by atoms with Gasteiger partial charge in [0, 0.05) is 32.7 Å². The van der Waals surface area contributed by atoms with Crippen LogP contribution in [-0.2, 0) is 0 Å². The van der Waals surface area contributed by atoms with Gasteiger partial charge < -0.3 is 5.32 Å². The molecule has 1 aromatic carbocycles. The van der Waals surface area contributed by atoms with Gasteiger partial charge in [-0.25, -0.2) is 0 Å². The number of nitrogens with one attached hydrogen (secondary N) is 1. The lowest BCUT2D eigenvalue weighted by Gasteiger charge is -2.29. The average molecular weight is 187 g/mol. The highest BCUT2D eigenvalue weighted by atomic mass is 28.2. The van der Waals surface area contributed by atoms with Crippen LogP contribution in [0.5, 0.6) is 0 Å². The van der Waals surface area contributed by atoms with Crippen molar-refractivity contribution in [2.45, 2.75) is 11.1 Å². The fourth-order valence-electron chi connectivity index (χ4n) is 1.48. The van der Waals surface area contributed by atoms with Crippen LogP contribution in [0.25, 0.3) is 0 Å². The highest BCUT2D eigenvalue weighted by Crippen LogP contribution is 2.33. The molecule has 1 aliphatic heterocycles. The summed E-state index contributed by atoms with van der Waals surface area (Å²) >= 11 is 0. The third kappa shape index (κ3) is 1.23. The summed E-state index contributed by atoms with van der Waals surface area (Å²) in [7, 11) is 7.38. The summed E-state index contributed by atoms with van der Waals surface area (Å²) in [5.41, 5.74) is 3.46. The van der Waals surface area contributed by atoms with E-state index in [-0.39, 0.29) is 0 Å². The molecule has 1 aliphatic rings. The van der Waals surface area contributed by atoms with E-state index in [9.17, 15) is 0 Å². The minimum Gasteiger partial charge on any atom is -0.385 e. The van der Waals surface area contributed by atoms with Crippen LogP contribution in [0, 0.1) is 0 Å². The zero-order valence-electron chi connectivity index (χ0n) is 6.67. The molecule has 1 aromatic rings. The van der Waals surface area contributed by atoms with Crippen molar-refractivity contribution in [1.82, 2.24) is 0 Å². The molecule has 1 N–H and O–H groups in total. The van der Waals surface area contributed by atoms with Gasteiger partial charge in [0.05, 0.1) is 0 Å². The number of hydrogen-bond acceptors (Lipinski definition) is 1. The van der Waals surface area contributed by atoms with E-state index in [1.54, 1.807) is 0 Å². The highest BCUT2D eigenvalue weighted by Gasteiger charge is 2.21. The molecule has 2 rings (SSSR count). The van der Waals surface area contributed by atoms with Gasteiger partial charge in [0.1, 0.15) is 0 Å². The van der Waals surface area contributed by atoms with E-state index in [0.29, 0.717) is 11.1 Å². The second-order valence-corrected chi connectivity index (χ2v) is 4.42. The Morgan fingerprint density at radius 3 is 2.83 bits per heavy atom. The third-order valence-electron chi connectivity index (χ3n) is 2.21. The second-order valence-electron chi connectivity index (χ2n) is 3.05. The summed E-state index contributed by atoms with van der Waals surface area (Å²) in [6.45, 7) is 0.974. The van der Waals surface area contributed by atoms with E-state index in [1.807, 2.05) is 0 Å². The molecule has 0 aliphatic carbocycles. The first-order chi connectivity index (χ1) is 5.79. The van der Waals surface area contributed by atoms with Gasteiger partial charge >= 0.3 is 0 Å². The molecular formula is C9H9NSi2. The molecular weight excluding hydrogens is 178 g/mol. The molecule has 58 valence electrons.